The molecule has 1 rings (SSSR count). The third-order valence-corrected chi connectivity index (χ3v) is 3.01. The Labute approximate surface area is 135 Å². The molecular weight excluding hydrogens is 294 g/mol. The van der Waals surface area contributed by atoms with E-state index >= 15 is 0 Å². The van der Waals surface area contributed by atoms with E-state index in [0.717, 1.165) is 25.7 Å². The van der Waals surface area contributed by atoms with Crippen LogP contribution in [0.3, 0.4) is 0 Å². The number of rotatable bonds is 9. The molecule has 0 spiro atoms. The molecule has 1 aromatic carbocycles. The van der Waals surface area contributed by atoms with Crippen LogP contribution in [-0.2, 0) is 4.74 Å². The second-order valence-electron chi connectivity index (χ2n) is 4.87. The molecule has 0 unspecified atom stereocenters. The summed E-state index contributed by atoms with van der Waals surface area (Å²) >= 11 is 0. The Balaban J connectivity index is 2.51. The van der Waals surface area contributed by atoms with Gasteiger partial charge in [-0.15, -0.1) is 0 Å². The molecule has 0 bridgehead atoms. The molecule has 0 saturated carbocycles. The fourth-order valence-corrected chi connectivity index (χ4v) is 1.72. The largest absolute Gasteiger partial charge is 0.462 e. The summed E-state index contributed by atoms with van der Waals surface area (Å²) in [5.41, 5.74) is 8.59. The van der Waals surface area contributed by atoms with Crippen molar-refractivity contribution in [3.8, 4) is 6.07 Å². The maximum absolute atomic E-state index is 11.8. The Morgan fingerprint density at radius 2 is 2.04 bits per heavy atom. The Morgan fingerprint density at radius 1 is 1.35 bits per heavy atom. The zero-order valence-corrected chi connectivity index (χ0v) is 13.1. The minimum absolute atomic E-state index is 0.208. The monoisotopic (exact) mass is 315 g/mol. The predicted octanol–water partition coefficient (Wildman–Crippen LogP) is 2.65. The van der Waals surface area contributed by atoms with Crippen LogP contribution in [0.25, 0.3) is 0 Å². The quantitative estimate of drug-likeness (QED) is 0.212. The molecule has 0 aromatic heterocycles. The number of amidine groups is 1. The van der Waals surface area contributed by atoms with Crippen LogP contribution in [0.4, 0.5) is 5.69 Å². The van der Waals surface area contributed by atoms with E-state index in [9.17, 15) is 4.79 Å². The van der Waals surface area contributed by atoms with Gasteiger partial charge in [-0.25, -0.2) is 4.79 Å². The maximum atomic E-state index is 11.8. The Bertz CT molecular complexity index is 602. The van der Waals surface area contributed by atoms with E-state index in [4.69, 9.17) is 21.1 Å². The first-order valence-corrected chi connectivity index (χ1v) is 7.43. The van der Waals surface area contributed by atoms with Crippen LogP contribution in [-0.4, -0.2) is 24.1 Å². The predicted molar refractivity (Wildman–Crippen MR) is 89.5 cm³/mol. The summed E-state index contributed by atoms with van der Waals surface area (Å²) in [6, 6.07) is 8.17. The van der Waals surface area contributed by atoms with Crippen LogP contribution in [0.15, 0.2) is 29.4 Å². The normalized spacial score (nSPS) is 10.7. The van der Waals surface area contributed by atoms with Crippen LogP contribution >= 0.6 is 0 Å². The van der Waals surface area contributed by atoms with E-state index in [1.807, 2.05) is 0 Å². The highest BCUT2D eigenvalue weighted by atomic mass is 16.5. The van der Waals surface area contributed by atoms with Crippen LogP contribution in [0.1, 0.15) is 43.0 Å². The molecule has 7 nitrogen and oxygen atoms in total. The van der Waals surface area contributed by atoms with Crippen LogP contribution in [0, 0.1) is 16.7 Å². The molecule has 122 valence electrons. The molecule has 0 amide bonds. The second kappa shape index (κ2) is 9.95. The lowest BCUT2D eigenvalue weighted by Gasteiger charge is -2.06. The first-order chi connectivity index (χ1) is 11.1. The van der Waals surface area contributed by atoms with E-state index in [0.29, 0.717) is 17.9 Å². The smallest absolute Gasteiger partial charge is 0.338 e. The summed E-state index contributed by atoms with van der Waals surface area (Å²) in [7, 11) is 0. The third kappa shape index (κ3) is 6.61. The van der Waals surface area contributed by atoms with Crippen molar-refractivity contribution in [1.82, 2.24) is 0 Å². The summed E-state index contributed by atoms with van der Waals surface area (Å²) in [6.07, 6.45) is 4.21. The summed E-state index contributed by atoms with van der Waals surface area (Å²) in [5.74, 6) is -0.777. The summed E-state index contributed by atoms with van der Waals surface area (Å²) in [5, 5.41) is 19.6. The first-order valence-electron chi connectivity index (χ1n) is 7.43. The van der Waals surface area contributed by atoms with Crippen molar-refractivity contribution in [2.45, 2.75) is 32.6 Å². The standard InChI is InChI=1S/C16H21N5O2/c1-2-3-4-5-10-23-16(22)12-6-8-13(9-7-12)20-21-14(11-17)15(18)19/h6-9,20H,2-5,10H2,1H3,(H3,18,19)/b21-14+. The number of hydrogen-bond donors (Lipinski definition) is 3. The lowest BCUT2D eigenvalue weighted by molar-refractivity contribution is 0.0498. The van der Waals surface area contributed by atoms with Gasteiger partial charge >= 0.3 is 5.97 Å². The van der Waals surface area contributed by atoms with E-state index in [-0.39, 0.29) is 11.7 Å². The number of carbonyl (C=O) groups is 1. The van der Waals surface area contributed by atoms with E-state index in [1.54, 1.807) is 30.3 Å². The highest BCUT2D eigenvalue weighted by Crippen LogP contribution is 2.11. The summed E-state index contributed by atoms with van der Waals surface area (Å²) in [6.45, 7) is 2.55. The van der Waals surface area contributed by atoms with Gasteiger partial charge < -0.3 is 10.5 Å². The average Bonchev–Trinajstić information content (AvgIpc) is 2.55. The van der Waals surface area contributed by atoms with Gasteiger partial charge in [0.15, 0.2) is 5.84 Å². The molecular formula is C16H21N5O2. The highest BCUT2D eigenvalue weighted by Gasteiger charge is 2.07. The Kier molecular flexibility index (Phi) is 7.86. The van der Waals surface area contributed by atoms with Crippen molar-refractivity contribution in [3.05, 3.63) is 29.8 Å². The molecule has 7 heteroatoms. The summed E-state index contributed by atoms with van der Waals surface area (Å²) in [4.78, 5) is 11.8. The number of hydrazone groups is 1. The van der Waals surface area contributed by atoms with E-state index in [2.05, 4.69) is 17.5 Å². The van der Waals surface area contributed by atoms with Crippen molar-refractivity contribution in [2.24, 2.45) is 10.8 Å². The molecule has 0 aliphatic carbocycles. The molecule has 0 atom stereocenters. The molecule has 0 fully saturated rings. The average molecular weight is 315 g/mol. The number of nitrogens with two attached hydrogens (primary N) is 1. The third-order valence-electron chi connectivity index (χ3n) is 3.01. The number of benzene rings is 1. The number of carbonyl (C=O) groups excluding carboxylic acids is 1. The van der Waals surface area contributed by atoms with Crippen molar-refractivity contribution < 1.29 is 9.53 Å². The summed E-state index contributed by atoms with van der Waals surface area (Å²) < 4.78 is 5.19. The molecule has 0 aliphatic rings. The lowest BCUT2D eigenvalue weighted by Crippen LogP contribution is -2.21. The van der Waals surface area contributed by atoms with Gasteiger partial charge in [-0.05, 0) is 30.7 Å². The van der Waals surface area contributed by atoms with Gasteiger partial charge in [-0.2, -0.15) is 10.4 Å². The molecule has 0 radical (unpaired) electrons. The van der Waals surface area contributed by atoms with Gasteiger partial charge in [-0.3, -0.25) is 10.8 Å². The van der Waals surface area contributed by atoms with Gasteiger partial charge in [0.25, 0.3) is 0 Å². The minimum Gasteiger partial charge on any atom is -0.462 e. The number of ether oxygens (including phenoxy) is 1. The SMILES string of the molecule is CCCCCCOC(=O)c1ccc(N/N=C(\C#N)C(=N)N)cc1. The molecule has 4 N–H and O–H groups in total. The van der Waals surface area contributed by atoms with Crippen LogP contribution in [0.2, 0.25) is 0 Å². The highest BCUT2D eigenvalue weighted by molar-refractivity contribution is 6.45. The maximum Gasteiger partial charge on any atom is 0.338 e. The minimum atomic E-state index is -0.414. The molecule has 0 aliphatic heterocycles. The van der Waals surface area contributed by atoms with Gasteiger partial charge in [0.05, 0.1) is 17.9 Å². The van der Waals surface area contributed by atoms with Crippen molar-refractivity contribution in [1.29, 1.82) is 10.7 Å². The Hall–Kier alpha value is -2.88. The number of anilines is 1. The van der Waals surface area contributed by atoms with Crippen molar-refractivity contribution in [3.63, 3.8) is 0 Å². The van der Waals surface area contributed by atoms with Gasteiger partial charge in [-0.1, -0.05) is 26.2 Å². The van der Waals surface area contributed by atoms with Crippen molar-refractivity contribution >= 4 is 23.2 Å². The van der Waals surface area contributed by atoms with E-state index in [1.165, 1.54) is 0 Å². The molecule has 23 heavy (non-hydrogen) atoms. The number of unbranched alkanes of at least 4 members (excludes halogenated alkanes) is 3. The van der Waals surface area contributed by atoms with Gasteiger partial charge in [0.2, 0.25) is 5.71 Å². The fourth-order valence-electron chi connectivity index (χ4n) is 1.72. The van der Waals surface area contributed by atoms with Gasteiger partial charge in [0, 0.05) is 0 Å². The molecule has 0 heterocycles. The van der Waals surface area contributed by atoms with Crippen molar-refractivity contribution in [2.75, 3.05) is 12.0 Å². The van der Waals surface area contributed by atoms with Crippen LogP contribution < -0.4 is 11.2 Å². The Morgan fingerprint density at radius 3 is 2.61 bits per heavy atom. The van der Waals surface area contributed by atoms with Crippen LogP contribution in [0.5, 0.6) is 0 Å². The number of nitriles is 1. The number of hydrogen-bond acceptors (Lipinski definition) is 6. The zero-order chi connectivity index (χ0) is 17.1. The second-order valence-corrected chi connectivity index (χ2v) is 4.87. The lowest BCUT2D eigenvalue weighted by atomic mass is 10.2. The zero-order valence-electron chi connectivity index (χ0n) is 13.1. The molecule has 1 aromatic rings. The van der Waals surface area contributed by atoms with E-state index < -0.39 is 5.84 Å². The number of nitrogens with zero attached hydrogens (tertiary/aromatic N) is 2. The first kappa shape index (κ1) is 18.2. The fraction of sp³-hybridized carbons (Fsp3) is 0.375. The van der Waals surface area contributed by atoms with Gasteiger partial charge in [0.1, 0.15) is 6.07 Å². The number of nitrogens with one attached hydrogen (secondary N) is 2. The topological polar surface area (TPSA) is 124 Å². The number of esters is 1. The molecule has 0 saturated heterocycles.